The number of nitrogens with zero attached hydrogens (tertiary/aromatic N) is 3. The lowest BCUT2D eigenvalue weighted by atomic mass is 10.1. The monoisotopic (exact) mass is 415 g/mol. The first kappa shape index (κ1) is 20.1. The number of alkyl halides is 3. The van der Waals surface area contributed by atoms with E-state index in [1.54, 1.807) is 6.07 Å². The van der Waals surface area contributed by atoms with Gasteiger partial charge in [-0.1, -0.05) is 29.4 Å². The number of aryl methyl sites for hydroxylation is 2. The molecule has 1 atom stereocenters. The van der Waals surface area contributed by atoms with Crippen LogP contribution < -0.4 is 0 Å². The molecule has 0 aliphatic carbocycles. The number of amides is 1. The van der Waals surface area contributed by atoms with Crippen molar-refractivity contribution in [3.63, 3.8) is 0 Å². The first-order valence-corrected chi connectivity index (χ1v) is 9.56. The lowest BCUT2D eigenvalue weighted by Crippen LogP contribution is -2.24. The Balaban J connectivity index is 1.48. The maximum Gasteiger partial charge on any atom is 0.416 e. The van der Waals surface area contributed by atoms with Crippen LogP contribution in [0.1, 0.15) is 40.5 Å². The highest BCUT2D eigenvalue weighted by Gasteiger charge is 2.35. The Morgan fingerprint density at radius 2 is 1.93 bits per heavy atom. The van der Waals surface area contributed by atoms with Crippen molar-refractivity contribution in [3.8, 4) is 11.4 Å². The van der Waals surface area contributed by atoms with Gasteiger partial charge in [0.2, 0.25) is 17.6 Å². The summed E-state index contributed by atoms with van der Waals surface area (Å²) in [6.07, 6.45) is -4.23. The molecule has 1 aliphatic heterocycles. The van der Waals surface area contributed by atoms with Gasteiger partial charge in [0, 0.05) is 25.1 Å². The van der Waals surface area contributed by atoms with E-state index >= 15 is 0 Å². The van der Waals surface area contributed by atoms with Crippen LogP contribution in [0.15, 0.2) is 47.0 Å². The molecule has 0 N–H and O–H groups in total. The third kappa shape index (κ3) is 4.08. The Labute approximate surface area is 171 Å². The summed E-state index contributed by atoms with van der Waals surface area (Å²) < 4.78 is 44.2. The minimum atomic E-state index is -4.41. The summed E-state index contributed by atoms with van der Waals surface area (Å²) in [5.41, 5.74) is 2.81. The second-order valence-electron chi connectivity index (χ2n) is 7.63. The Bertz CT molecular complexity index is 1090. The Morgan fingerprint density at radius 1 is 1.13 bits per heavy atom. The fourth-order valence-electron chi connectivity index (χ4n) is 3.56. The van der Waals surface area contributed by atoms with E-state index in [4.69, 9.17) is 4.52 Å². The number of hydrogen-bond donors (Lipinski definition) is 0. The van der Waals surface area contributed by atoms with Crippen LogP contribution in [0, 0.1) is 13.8 Å². The second kappa shape index (κ2) is 7.59. The normalized spacial score (nSPS) is 17.0. The van der Waals surface area contributed by atoms with Crippen LogP contribution in [0.4, 0.5) is 13.2 Å². The molecule has 30 heavy (non-hydrogen) atoms. The van der Waals surface area contributed by atoms with Crippen molar-refractivity contribution in [1.82, 2.24) is 15.0 Å². The van der Waals surface area contributed by atoms with Gasteiger partial charge in [0.15, 0.2) is 0 Å². The van der Waals surface area contributed by atoms with Crippen LogP contribution in [0.2, 0.25) is 0 Å². The van der Waals surface area contributed by atoms with Crippen molar-refractivity contribution < 1.29 is 22.5 Å². The van der Waals surface area contributed by atoms with E-state index in [1.165, 1.54) is 11.0 Å². The molecule has 0 spiro atoms. The first-order valence-electron chi connectivity index (χ1n) is 9.56. The predicted molar refractivity (Wildman–Crippen MR) is 103 cm³/mol. The number of carbonyl (C=O) groups excluding carboxylic acids is 1. The van der Waals surface area contributed by atoms with E-state index in [2.05, 4.69) is 10.1 Å². The second-order valence-corrected chi connectivity index (χ2v) is 7.63. The van der Waals surface area contributed by atoms with Gasteiger partial charge in [-0.2, -0.15) is 18.2 Å². The van der Waals surface area contributed by atoms with Gasteiger partial charge in [0.25, 0.3) is 0 Å². The molecule has 1 amide bonds. The number of hydrogen-bond acceptors (Lipinski definition) is 4. The highest BCUT2D eigenvalue weighted by atomic mass is 19.4. The van der Waals surface area contributed by atoms with Crippen LogP contribution in [-0.2, 0) is 17.5 Å². The SMILES string of the molecule is Cc1ccc(-c2noc(C3CC(=O)N(Cc4cccc(C(F)(F)F)c4)C3)n2)cc1C. The van der Waals surface area contributed by atoms with E-state index in [0.29, 0.717) is 23.8 Å². The minimum Gasteiger partial charge on any atom is -0.339 e. The molecular weight excluding hydrogens is 395 g/mol. The van der Waals surface area contributed by atoms with Crippen molar-refractivity contribution in [2.75, 3.05) is 6.54 Å². The highest BCUT2D eigenvalue weighted by molar-refractivity contribution is 5.79. The molecule has 1 saturated heterocycles. The number of likely N-dealkylation sites (tertiary alicyclic amines) is 1. The van der Waals surface area contributed by atoms with Crippen LogP contribution >= 0.6 is 0 Å². The number of aromatic nitrogens is 2. The molecule has 2 heterocycles. The smallest absolute Gasteiger partial charge is 0.339 e. The molecule has 5 nitrogen and oxygen atoms in total. The summed E-state index contributed by atoms with van der Waals surface area (Å²) in [5, 5.41) is 4.03. The van der Waals surface area contributed by atoms with Crippen LogP contribution in [0.25, 0.3) is 11.4 Å². The van der Waals surface area contributed by atoms with E-state index in [0.717, 1.165) is 28.8 Å². The molecule has 8 heteroatoms. The Kier molecular flexibility index (Phi) is 5.09. The summed E-state index contributed by atoms with van der Waals surface area (Å²) in [6, 6.07) is 10.9. The van der Waals surface area contributed by atoms with Gasteiger partial charge in [-0.05, 0) is 48.7 Å². The van der Waals surface area contributed by atoms with Gasteiger partial charge >= 0.3 is 6.18 Å². The molecule has 4 rings (SSSR count). The predicted octanol–water partition coefficient (Wildman–Crippen LogP) is 4.89. The molecule has 0 bridgehead atoms. The number of carbonyl (C=O) groups is 1. The Morgan fingerprint density at radius 3 is 2.67 bits per heavy atom. The third-order valence-corrected chi connectivity index (χ3v) is 5.40. The average molecular weight is 415 g/mol. The maximum atomic E-state index is 12.9. The summed E-state index contributed by atoms with van der Waals surface area (Å²) in [6.45, 7) is 4.45. The molecule has 1 fully saturated rings. The van der Waals surface area contributed by atoms with E-state index < -0.39 is 11.7 Å². The quantitative estimate of drug-likeness (QED) is 0.609. The maximum absolute atomic E-state index is 12.9. The number of benzene rings is 2. The molecule has 1 aromatic heterocycles. The van der Waals surface area contributed by atoms with Crippen LogP contribution in [0.3, 0.4) is 0 Å². The highest BCUT2D eigenvalue weighted by Crippen LogP contribution is 2.32. The van der Waals surface area contributed by atoms with Gasteiger partial charge < -0.3 is 9.42 Å². The lowest BCUT2D eigenvalue weighted by Gasteiger charge is -2.17. The molecule has 2 aromatic carbocycles. The van der Waals surface area contributed by atoms with E-state index in [1.807, 2.05) is 32.0 Å². The van der Waals surface area contributed by atoms with Gasteiger partial charge in [-0.25, -0.2) is 0 Å². The molecular formula is C22H20F3N3O2. The number of halogens is 3. The van der Waals surface area contributed by atoms with Gasteiger partial charge in [0.1, 0.15) is 0 Å². The molecule has 1 unspecified atom stereocenters. The van der Waals surface area contributed by atoms with Gasteiger partial charge in [-0.3, -0.25) is 4.79 Å². The Hall–Kier alpha value is -3.16. The standard InChI is InChI=1S/C22H20F3N3O2/c1-13-6-7-16(8-14(13)2)20-26-21(30-27-20)17-10-19(29)28(12-17)11-15-4-3-5-18(9-15)22(23,24)25/h3-9,17H,10-12H2,1-2H3. The summed E-state index contributed by atoms with van der Waals surface area (Å²) in [7, 11) is 0. The topological polar surface area (TPSA) is 59.2 Å². The summed E-state index contributed by atoms with van der Waals surface area (Å²) >= 11 is 0. The largest absolute Gasteiger partial charge is 0.416 e. The molecule has 0 radical (unpaired) electrons. The van der Waals surface area contributed by atoms with Crippen molar-refractivity contribution >= 4 is 5.91 Å². The molecule has 0 saturated carbocycles. The van der Waals surface area contributed by atoms with Gasteiger partial charge in [0.05, 0.1) is 11.5 Å². The zero-order valence-electron chi connectivity index (χ0n) is 16.5. The molecule has 3 aromatic rings. The summed E-state index contributed by atoms with van der Waals surface area (Å²) in [4.78, 5) is 18.4. The zero-order chi connectivity index (χ0) is 21.5. The van der Waals surface area contributed by atoms with Crippen molar-refractivity contribution in [2.24, 2.45) is 0 Å². The lowest BCUT2D eigenvalue weighted by molar-refractivity contribution is -0.137. The fourth-order valence-corrected chi connectivity index (χ4v) is 3.56. The van der Waals surface area contributed by atoms with Crippen molar-refractivity contribution in [1.29, 1.82) is 0 Å². The zero-order valence-corrected chi connectivity index (χ0v) is 16.5. The molecule has 156 valence electrons. The third-order valence-electron chi connectivity index (χ3n) is 5.40. The molecule has 1 aliphatic rings. The van der Waals surface area contributed by atoms with Crippen molar-refractivity contribution in [3.05, 3.63) is 70.6 Å². The number of rotatable bonds is 4. The first-order chi connectivity index (χ1) is 14.2. The summed E-state index contributed by atoms with van der Waals surface area (Å²) in [5.74, 6) is 0.388. The van der Waals surface area contributed by atoms with E-state index in [-0.39, 0.29) is 24.8 Å². The minimum absolute atomic E-state index is 0.109. The van der Waals surface area contributed by atoms with Crippen LogP contribution in [-0.4, -0.2) is 27.5 Å². The van der Waals surface area contributed by atoms with Crippen LogP contribution in [0.5, 0.6) is 0 Å². The fraction of sp³-hybridized carbons (Fsp3) is 0.318. The van der Waals surface area contributed by atoms with E-state index in [9.17, 15) is 18.0 Å². The van der Waals surface area contributed by atoms with Gasteiger partial charge in [-0.15, -0.1) is 0 Å². The average Bonchev–Trinajstić information content (AvgIpc) is 3.31. The van der Waals surface area contributed by atoms with Crippen molar-refractivity contribution in [2.45, 2.75) is 38.9 Å².